The van der Waals surface area contributed by atoms with E-state index in [-0.39, 0.29) is 5.41 Å². The van der Waals surface area contributed by atoms with Gasteiger partial charge in [0.25, 0.3) is 0 Å². The quantitative estimate of drug-likeness (QED) is 0.460. The van der Waals surface area contributed by atoms with E-state index in [1.54, 1.807) is 0 Å². The lowest BCUT2D eigenvalue weighted by Crippen LogP contribution is -2.08. The highest BCUT2D eigenvalue weighted by atomic mass is 35.5. The van der Waals surface area contributed by atoms with Crippen LogP contribution >= 0.6 is 11.6 Å². The summed E-state index contributed by atoms with van der Waals surface area (Å²) < 4.78 is 0. The van der Waals surface area contributed by atoms with Gasteiger partial charge in [0.2, 0.25) is 0 Å². The van der Waals surface area contributed by atoms with Gasteiger partial charge < -0.3 is 0 Å². The average Bonchev–Trinajstić information content (AvgIpc) is 1.31. The van der Waals surface area contributed by atoms with Crippen LogP contribution in [0.4, 0.5) is 0 Å². The van der Waals surface area contributed by atoms with Crippen LogP contribution in [0.5, 0.6) is 0 Å². The van der Waals surface area contributed by atoms with E-state index in [9.17, 15) is 0 Å². The summed E-state index contributed by atoms with van der Waals surface area (Å²) in [6.45, 7) is 8.21. The standard InChI is InChI=1S/C6H12Cl/c1-5(7)6(2,3)4/h1-4H3. The molecule has 0 atom stereocenters. The predicted molar refractivity (Wildman–Crippen MR) is 34.2 cm³/mol. The van der Waals surface area contributed by atoms with Crippen LogP contribution in [0.15, 0.2) is 0 Å². The van der Waals surface area contributed by atoms with Crippen molar-refractivity contribution in [2.45, 2.75) is 27.7 Å². The lowest BCUT2D eigenvalue weighted by Gasteiger charge is -2.19. The number of hydrogen-bond donors (Lipinski definition) is 0. The van der Waals surface area contributed by atoms with Crippen LogP contribution < -0.4 is 0 Å². The first kappa shape index (κ1) is 7.29. The summed E-state index contributed by atoms with van der Waals surface area (Å²) in [5.74, 6) is 0. The monoisotopic (exact) mass is 119 g/mol. The second-order valence-corrected chi connectivity index (χ2v) is 3.35. The molecular formula is C6H12Cl. The molecule has 0 aromatic rings. The summed E-state index contributed by atoms with van der Waals surface area (Å²) in [5, 5.41) is 0.965. The van der Waals surface area contributed by atoms with E-state index in [0.717, 1.165) is 5.38 Å². The minimum absolute atomic E-state index is 0.182. The van der Waals surface area contributed by atoms with E-state index < -0.39 is 0 Å². The van der Waals surface area contributed by atoms with Gasteiger partial charge in [0.15, 0.2) is 0 Å². The maximum absolute atomic E-state index is 5.67. The largest absolute Gasteiger partial charge is 0.117 e. The highest BCUT2D eigenvalue weighted by molar-refractivity contribution is 6.27. The molecule has 0 aliphatic carbocycles. The molecule has 7 heavy (non-hydrogen) atoms. The fraction of sp³-hybridized carbons (Fsp3) is 0.833. The molecular weight excluding hydrogens is 108 g/mol. The Balaban J connectivity index is 3.54. The van der Waals surface area contributed by atoms with Gasteiger partial charge in [-0.05, 0) is 12.3 Å². The Bertz CT molecular complexity index is 49.7. The lowest BCUT2D eigenvalue weighted by atomic mass is 9.93. The fourth-order valence-electron chi connectivity index (χ4n) is 0. The summed E-state index contributed by atoms with van der Waals surface area (Å²) >= 11 is 5.67. The van der Waals surface area contributed by atoms with Crippen molar-refractivity contribution in [1.82, 2.24) is 0 Å². The molecule has 0 nitrogen and oxygen atoms in total. The van der Waals surface area contributed by atoms with E-state index in [0.29, 0.717) is 0 Å². The maximum atomic E-state index is 5.67. The Morgan fingerprint density at radius 3 is 1.43 bits per heavy atom. The van der Waals surface area contributed by atoms with Crippen molar-refractivity contribution in [3.05, 3.63) is 5.38 Å². The van der Waals surface area contributed by atoms with E-state index >= 15 is 0 Å². The normalized spacial score (nSPS) is 12.9. The number of rotatable bonds is 0. The van der Waals surface area contributed by atoms with E-state index in [1.165, 1.54) is 0 Å². The molecule has 0 N–H and O–H groups in total. The Morgan fingerprint density at radius 1 is 1.29 bits per heavy atom. The van der Waals surface area contributed by atoms with E-state index in [2.05, 4.69) is 20.8 Å². The predicted octanol–water partition coefficient (Wildman–Crippen LogP) is 2.82. The molecule has 0 saturated carbocycles. The van der Waals surface area contributed by atoms with Gasteiger partial charge in [-0.1, -0.05) is 20.8 Å². The van der Waals surface area contributed by atoms with Crippen LogP contribution in [0, 0.1) is 10.8 Å². The smallest absolute Gasteiger partial charge is 0.0660 e. The van der Waals surface area contributed by atoms with Gasteiger partial charge in [0, 0.05) is 0 Å². The van der Waals surface area contributed by atoms with Gasteiger partial charge in [-0.2, -0.15) is 0 Å². The fourth-order valence-corrected chi connectivity index (χ4v) is 0. The molecule has 0 heterocycles. The molecule has 0 fully saturated rings. The van der Waals surface area contributed by atoms with Gasteiger partial charge in [-0.15, -0.1) is 11.6 Å². The second-order valence-electron chi connectivity index (χ2n) is 2.78. The van der Waals surface area contributed by atoms with Gasteiger partial charge in [-0.3, -0.25) is 0 Å². The zero-order chi connectivity index (χ0) is 6.08. The third-order valence-corrected chi connectivity index (χ3v) is 1.60. The summed E-state index contributed by atoms with van der Waals surface area (Å²) in [6.07, 6.45) is 0. The zero-order valence-electron chi connectivity index (χ0n) is 5.38. The Kier molecular flexibility index (Phi) is 2.12. The first-order valence-corrected chi connectivity index (χ1v) is 2.82. The summed E-state index contributed by atoms with van der Waals surface area (Å²) in [4.78, 5) is 0. The minimum Gasteiger partial charge on any atom is -0.117 e. The Hall–Kier alpha value is 0.290. The molecule has 0 bridgehead atoms. The van der Waals surface area contributed by atoms with Crippen LogP contribution in [0.25, 0.3) is 0 Å². The lowest BCUT2D eigenvalue weighted by molar-refractivity contribution is 0.476. The summed E-state index contributed by atoms with van der Waals surface area (Å²) in [7, 11) is 0. The van der Waals surface area contributed by atoms with Crippen LogP contribution in [0.2, 0.25) is 0 Å². The van der Waals surface area contributed by atoms with Crippen molar-refractivity contribution in [3.8, 4) is 0 Å². The SMILES string of the molecule is C[C](Cl)C(C)(C)C. The number of halogens is 1. The van der Waals surface area contributed by atoms with Gasteiger partial charge in [0.1, 0.15) is 0 Å². The second kappa shape index (κ2) is 2.04. The molecule has 0 rings (SSSR count). The zero-order valence-corrected chi connectivity index (χ0v) is 6.13. The molecule has 0 saturated heterocycles. The van der Waals surface area contributed by atoms with Crippen LogP contribution in [0.1, 0.15) is 27.7 Å². The highest BCUT2D eigenvalue weighted by Gasteiger charge is 2.17. The first-order chi connectivity index (χ1) is 2.94. The van der Waals surface area contributed by atoms with E-state index in [4.69, 9.17) is 11.6 Å². The third kappa shape index (κ3) is 2.93. The molecule has 0 unspecified atom stereocenters. The molecule has 0 aliphatic heterocycles. The molecule has 0 aromatic carbocycles. The van der Waals surface area contributed by atoms with Crippen molar-refractivity contribution in [3.63, 3.8) is 0 Å². The van der Waals surface area contributed by atoms with Gasteiger partial charge >= 0.3 is 0 Å². The van der Waals surface area contributed by atoms with Crippen molar-refractivity contribution in [2.75, 3.05) is 0 Å². The molecule has 0 spiro atoms. The average molecular weight is 120 g/mol. The third-order valence-electron chi connectivity index (χ3n) is 1.03. The molecule has 0 aliphatic rings. The van der Waals surface area contributed by atoms with Crippen molar-refractivity contribution < 1.29 is 0 Å². The van der Waals surface area contributed by atoms with Gasteiger partial charge in [0.05, 0.1) is 5.38 Å². The summed E-state index contributed by atoms with van der Waals surface area (Å²) in [6, 6.07) is 0. The van der Waals surface area contributed by atoms with Crippen molar-refractivity contribution in [2.24, 2.45) is 5.41 Å². The summed E-state index contributed by atoms with van der Waals surface area (Å²) in [5.41, 5.74) is 0.182. The first-order valence-electron chi connectivity index (χ1n) is 2.44. The van der Waals surface area contributed by atoms with Crippen LogP contribution in [-0.4, -0.2) is 0 Å². The maximum Gasteiger partial charge on any atom is 0.0660 e. The number of hydrogen-bond acceptors (Lipinski definition) is 0. The van der Waals surface area contributed by atoms with Crippen molar-refractivity contribution >= 4 is 11.6 Å². The van der Waals surface area contributed by atoms with Crippen LogP contribution in [-0.2, 0) is 0 Å². The van der Waals surface area contributed by atoms with E-state index in [1.807, 2.05) is 6.92 Å². The molecule has 43 valence electrons. The minimum atomic E-state index is 0.182. The molecule has 1 heteroatoms. The van der Waals surface area contributed by atoms with Crippen LogP contribution in [0.3, 0.4) is 0 Å². The molecule has 0 aromatic heterocycles. The topological polar surface area (TPSA) is 0 Å². The van der Waals surface area contributed by atoms with Gasteiger partial charge in [-0.25, -0.2) is 0 Å². The Labute approximate surface area is 50.9 Å². The molecule has 1 radical (unpaired) electrons. The Morgan fingerprint density at radius 2 is 1.43 bits per heavy atom. The highest BCUT2D eigenvalue weighted by Crippen LogP contribution is 2.29. The van der Waals surface area contributed by atoms with Crippen molar-refractivity contribution in [1.29, 1.82) is 0 Å². The molecule has 0 amide bonds.